The minimum atomic E-state index is -1.65. The van der Waals surface area contributed by atoms with Crippen molar-refractivity contribution in [2.45, 2.75) is 48.0 Å². The number of esters is 1. The Bertz CT molecular complexity index is 781. The van der Waals surface area contributed by atoms with E-state index in [-0.39, 0.29) is 26.8 Å². The first-order valence-corrected chi connectivity index (χ1v) is 11.8. The van der Waals surface area contributed by atoms with Crippen LogP contribution in [0.3, 0.4) is 0 Å². The summed E-state index contributed by atoms with van der Waals surface area (Å²) in [5.74, 6) is -0.284. The number of carbonyl (C=O) groups is 2. The summed E-state index contributed by atoms with van der Waals surface area (Å²) in [5.41, 5.74) is -0.129. The molecule has 142 valence electrons. The molecule has 1 aliphatic rings. The number of nitrogens with zero attached hydrogens (tertiary/aromatic N) is 1. The second-order valence-corrected chi connectivity index (χ2v) is 12.3. The standard InChI is InChI=1S/C18H25AsN2O5/c1-7-10-19-13(16(23)25-6)14(19)21-11(2)8-9-12(15(21)22)20-17(24)26-18(3,4)5/h7-9,13-14H,1,10H2,2-6H3,(H,20,24). The van der Waals surface area contributed by atoms with Gasteiger partial charge in [-0.3, -0.25) is 0 Å². The summed E-state index contributed by atoms with van der Waals surface area (Å²) in [6, 6.07) is 3.31. The summed E-state index contributed by atoms with van der Waals surface area (Å²) in [4.78, 5) is 36.8. The van der Waals surface area contributed by atoms with Gasteiger partial charge in [-0.25, -0.2) is 0 Å². The van der Waals surface area contributed by atoms with E-state index in [0.717, 1.165) is 10.9 Å². The van der Waals surface area contributed by atoms with E-state index in [4.69, 9.17) is 9.47 Å². The topological polar surface area (TPSA) is 86.6 Å². The van der Waals surface area contributed by atoms with Gasteiger partial charge in [-0.05, 0) is 0 Å². The summed E-state index contributed by atoms with van der Waals surface area (Å²) in [5, 5.41) is 3.25. The number of rotatable bonds is 5. The number of amides is 1. The number of pyridine rings is 1. The number of nitrogens with one attached hydrogen (secondary N) is 1. The van der Waals surface area contributed by atoms with Crippen molar-refractivity contribution in [1.29, 1.82) is 0 Å². The van der Waals surface area contributed by atoms with Crippen molar-refractivity contribution in [3.05, 3.63) is 40.8 Å². The number of carbonyl (C=O) groups excluding carboxylic acids is 2. The fourth-order valence-electron chi connectivity index (χ4n) is 2.78. The van der Waals surface area contributed by atoms with Crippen molar-refractivity contribution in [3.63, 3.8) is 0 Å². The molecule has 1 aromatic heterocycles. The van der Waals surface area contributed by atoms with Crippen molar-refractivity contribution in [3.8, 4) is 0 Å². The van der Waals surface area contributed by atoms with Crippen LogP contribution in [0.1, 0.15) is 31.3 Å². The molecule has 0 aromatic carbocycles. The summed E-state index contributed by atoms with van der Waals surface area (Å²) >= 11 is -1.65. The minimum absolute atomic E-state index is 0.132. The molecule has 2 heterocycles. The molecule has 1 amide bonds. The average molecular weight is 424 g/mol. The Morgan fingerprint density at radius 1 is 1.38 bits per heavy atom. The molecule has 0 radical (unpaired) electrons. The molecule has 0 aliphatic carbocycles. The molecule has 7 nitrogen and oxygen atoms in total. The second kappa shape index (κ2) is 7.70. The van der Waals surface area contributed by atoms with Crippen LogP contribution in [0.15, 0.2) is 29.6 Å². The van der Waals surface area contributed by atoms with Gasteiger partial charge in [-0.15, -0.1) is 0 Å². The molecule has 1 saturated heterocycles. The van der Waals surface area contributed by atoms with Gasteiger partial charge in [0.05, 0.1) is 0 Å². The summed E-state index contributed by atoms with van der Waals surface area (Å²) in [6.45, 7) is 10.8. The monoisotopic (exact) mass is 424 g/mol. The molecule has 0 bridgehead atoms. The Balaban J connectivity index is 2.33. The van der Waals surface area contributed by atoms with Crippen molar-refractivity contribution >= 4 is 32.4 Å². The Hall–Kier alpha value is -2.01. The second-order valence-electron chi connectivity index (χ2n) is 7.06. The molecule has 2 rings (SSSR count). The zero-order valence-electron chi connectivity index (χ0n) is 15.7. The number of aryl methyl sites for hydroxylation is 1. The van der Waals surface area contributed by atoms with E-state index in [1.165, 1.54) is 7.11 Å². The van der Waals surface area contributed by atoms with E-state index >= 15 is 0 Å². The zero-order valence-corrected chi connectivity index (χ0v) is 17.6. The van der Waals surface area contributed by atoms with Crippen molar-refractivity contribution < 1.29 is 19.1 Å². The Morgan fingerprint density at radius 2 is 2.04 bits per heavy atom. The van der Waals surface area contributed by atoms with Crippen molar-refractivity contribution in [2.24, 2.45) is 0 Å². The van der Waals surface area contributed by atoms with Crippen LogP contribution in [-0.4, -0.2) is 44.0 Å². The van der Waals surface area contributed by atoms with Gasteiger partial charge in [0, 0.05) is 0 Å². The van der Waals surface area contributed by atoms with Gasteiger partial charge in [-0.2, -0.15) is 0 Å². The van der Waals surface area contributed by atoms with E-state index in [0.29, 0.717) is 0 Å². The van der Waals surface area contributed by atoms with Gasteiger partial charge in [0.25, 0.3) is 0 Å². The molecule has 3 atom stereocenters. The van der Waals surface area contributed by atoms with E-state index in [1.54, 1.807) is 43.5 Å². The first-order valence-electron chi connectivity index (χ1n) is 8.27. The molecular weight excluding hydrogens is 399 g/mol. The SMILES string of the molecule is C=CC[As]1C(C(=O)OC)C1n1c(C)ccc(NC(=O)OC(C)(C)C)c1=O. The number of hydrogen-bond donors (Lipinski definition) is 1. The molecule has 0 saturated carbocycles. The van der Waals surface area contributed by atoms with Crippen LogP contribution < -0.4 is 10.9 Å². The quantitative estimate of drug-likeness (QED) is 0.446. The molecule has 1 fully saturated rings. The molecular formula is C18H25AsN2O5. The van der Waals surface area contributed by atoms with Crippen LogP contribution in [-0.2, 0) is 14.3 Å². The summed E-state index contributed by atoms with van der Waals surface area (Å²) in [6.07, 6.45) is 1.10. The van der Waals surface area contributed by atoms with Gasteiger partial charge in [0.2, 0.25) is 0 Å². The van der Waals surface area contributed by atoms with Gasteiger partial charge < -0.3 is 0 Å². The third-order valence-corrected chi connectivity index (χ3v) is 9.67. The van der Waals surface area contributed by atoms with Crippen LogP contribution in [0.25, 0.3) is 0 Å². The number of hydrogen-bond acceptors (Lipinski definition) is 5. The third kappa shape index (κ3) is 4.39. The molecule has 8 heteroatoms. The predicted molar refractivity (Wildman–Crippen MR) is 101 cm³/mol. The van der Waals surface area contributed by atoms with E-state index in [2.05, 4.69) is 11.9 Å². The van der Waals surface area contributed by atoms with Crippen molar-refractivity contribution in [1.82, 2.24) is 4.57 Å². The van der Waals surface area contributed by atoms with Crippen LogP contribution in [0.5, 0.6) is 0 Å². The van der Waals surface area contributed by atoms with Gasteiger partial charge in [0.1, 0.15) is 0 Å². The summed E-state index contributed by atoms with van der Waals surface area (Å²) in [7, 11) is 1.36. The molecule has 0 spiro atoms. The number of aromatic nitrogens is 1. The molecule has 1 N–H and O–H groups in total. The van der Waals surface area contributed by atoms with E-state index in [1.807, 2.05) is 6.92 Å². The van der Waals surface area contributed by atoms with Gasteiger partial charge >= 0.3 is 157 Å². The van der Waals surface area contributed by atoms with Gasteiger partial charge in [0.15, 0.2) is 0 Å². The predicted octanol–water partition coefficient (Wildman–Crippen LogP) is 2.82. The van der Waals surface area contributed by atoms with Crippen LogP contribution in [0, 0.1) is 6.92 Å². The normalized spacial score (nSPS) is 21.7. The molecule has 26 heavy (non-hydrogen) atoms. The third-order valence-electron chi connectivity index (χ3n) is 3.89. The number of ether oxygens (including phenoxy) is 2. The Morgan fingerprint density at radius 3 is 2.58 bits per heavy atom. The summed E-state index contributed by atoms with van der Waals surface area (Å²) < 4.78 is 11.5. The Kier molecular flexibility index (Phi) is 6.01. The first kappa shape index (κ1) is 20.3. The van der Waals surface area contributed by atoms with Gasteiger partial charge in [-0.1, -0.05) is 0 Å². The van der Waals surface area contributed by atoms with E-state index in [9.17, 15) is 14.4 Å². The fourth-order valence-corrected chi connectivity index (χ4v) is 9.01. The number of methoxy groups -OCH3 is 1. The zero-order chi connectivity index (χ0) is 19.6. The molecule has 3 unspecified atom stereocenters. The van der Waals surface area contributed by atoms with Crippen LogP contribution in [0.2, 0.25) is 9.91 Å². The number of anilines is 1. The maximum absolute atomic E-state index is 12.9. The maximum atomic E-state index is 12.9. The Labute approximate surface area is 157 Å². The average Bonchev–Trinajstić information content (AvgIpc) is 3.21. The molecule has 1 aromatic rings. The van der Waals surface area contributed by atoms with E-state index < -0.39 is 26.3 Å². The van der Waals surface area contributed by atoms with Crippen LogP contribution in [0.4, 0.5) is 10.5 Å². The molecule has 1 aliphatic heterocycles. The fraction of sp³-hybridized carbons (Fsp3) is 0.500. The van der Waals surface area contributed by atoms with Crippen LogP contribution >= 0.6 is 0 Å². The first-order chi connectivity index (χ1) is 12.1. The number of allylic oxidation sites excluding steroid dienone is 1. The van der Waals surface area contributed by atoms with Crippen molar-refractivity contribution in [2.75, 3.05) is 12.4 Å².